The summed E-state index contributed by atoms with van der Waals surface area (Å²) in [4.78, 5) is 0. The Kier molecular flexibility index (Phi) is 11.9. The molecule has 0 radical (unpaired) electrons. The van der Waals surface area contributed by atoms with E-state index in [-0.39, 0.29) is 5.92 Å². The number of hydrogen-bond acceptors (Lipinski definition) is 1. The molecule has 144 valence electrons. The third kappa shape index (κ3) is 8.40. The normalized spacial score (nSPS) is 13.1. The second-order valence-electron chi connectivity index (χ2n) is 7.80. The van der Waals surface area contributed by atoms with Crippen molar-refractivity contribution in [3.8, 4) is 0 Å². The van der Waals surface area contributed by atoms with Crippen LogP contribution >= 0.6 is 0 Å². The molecule has 25 heavy (non-hydrogen) atoms. The highest BCUT2D eigenvalue weighted by Crippen LogP contribution is 2.39. The summed E-state index contributed by atoms with van der Waals surface area (Å²) in [6, 6.07) is 10.7. The summed E-state index contributed by atoms with van der Waals surface area (Å²) in [5, 5.41) is 11.6. The van der Waals surface area contributed by atoms with E-state index in [2.05, 4.69) is 51.1 Å². The van der Waals surface area contributed by atoms with E-state index in [0.717, 1.165) is 32.1 Å². The maximum Gasteiger partial charge on any atom is 0.0715 e. The van der Waals surface area contributed by atoms with Crippen LogP contribution in [0.5, 0.6) is 0 Å². The number of aliphatic hydroxyl groups is 1. The van der Waals surface area contributed by atoms with Crippen LogP contribution < -0.4 is 0 Å². The molecule has 0 saturated heterocycles. The van der Waals surface area contributed by atoms with Gasteiger partial charge in [0.2, 0.25) is 0 Å². The minimum absolute atomic E-state index is 0.269. The first-order chi connectivity index (χ1) is 12.2. The minimum Gasteiger partial charge on any atom is -0.389 e. The smallest absolute Gasteiger partial charge is 0.0715 e. The van der Waals surface area contributed by atoms with Crippen molar-refractivity contribution >= 4 is 0 Å². The van der Waals surface area contributed by atoms with Crippen molar-refractivity contribution in [2.45, 2.75) is 116 Å². The van der Waals surface area contributed by atoms with Crippen molar-refractivity contribution in [2.75, 3.05) is 0 Å². The summed E-state index contributed by atoms with van der Waals surface area (Å²) in [6.07, 6.45) is 15.6. The standard InChI is InChI=1S/C24H42O/c1-4-7-9-11-16-20-24(25,21-17-12-10-8-5-2)23(6-3)22-18-14-13-15-19-22/h13-15,18-19,23,25H,4-12,16-17,20-21H2,1-3H3. The maximum absolute atomic E-state index is 11.6. The summed E-state index contributed by atoms with van der Waals surface area (Å²) in [5.74, 6) is 0.269. The van der Waals surface area contributed by atoms with Crippen LogP contribution in [0.3, 0.4) is 0 Å². The zero-order valence-corrected chi connectivity index (χ0v) is 17.1. The van der Waals surface area contributed by atoms with Crippen LogP contribution in [-0.2, 0) is 0 Å². The van der Waals surface area contributed by atoms with Gasteiger partial charge in [0.25, 0.3) is 0 Å². The molecule has 0 amide bonds. The third-order valence-electron chi connectivity index (χ3n) is 5.69. The Labute approximate surface area is 157 Å². The van der Waals surface area contributed by atoms with Gasteiger partial charge in [0, 0.05) is 5.92 Å². The van der Waals surface area contributed by atoms with Crippen molar-refractivity contribution in [3.05, 3.63) is 35.9 Å². The first-order valence-electron chi connectivity index (χ1n) is 10.9. The lowest BCUT2D eigenvalue weighted by Gasteiger charge is -2.37. The van der Waals surface area contributed by atoms with E-state index in [1.807, 2.05) is 0 Å². The van der Waals surface area contributed by atoms with Gasteiger partial charge in [-0.2, -0.15) is 0 Å². The van der Waals surface area contributed by atoms with E-state index in [4.69, 9.17) is 0 Å². The summed E-state index contributed by atoms with van der Waals surface area (Å²) >= 11 is 0. The zero-order chi connectivity index (χ0) is 18.4. The second kappa shape index (κ2) is 13.4. The predicted molar refractivity (Wildman–Crippen MR) is 111 cm³/mol. The van der Waals surface area contributed by atoms with Gasteiger partial charge in [-0.1, -0.05) is 115 Å². The fourth-order valence-corrected chi connectivity index (χ4v) is 4.15. The molecule has 1 nitrogen and oxygen atoms in total. The van der Waals surface area contributed by atoms with Gasteiger partial charge in [0.05, 0.1) is 5.60 Å². The van der Waals surface area contributed by atoms with Crippen molar-refractivity contribution in [1.29, 1.82) is 0 Å². The molecule has 0 aliphatic rings. The average molecular weight is 347 g/mol. The van der Waals surface area contributed by atoms with E-state index < -0.39 is 5.60 Å². The predicted octanol–water partition coefficient (Wildman–Crippen LogP) is 7.63. The van der Waals surface area contributed by atoms with Crippen molar-refractivity contribution in [1.82, 2.24) is 0 Å². The molecule has 1 aromatic carbocycles. The molecule has 1 heteroatoms. The Morgan fingerprint density at radius 1 is 0.720 bits per heavy atom. The highest BCUT2D eigenvalue weighted by atomic mass is 16.3. The Balaban J connectivity index is 2.70. The Morgan fingerprint density at radius 2 is 1.20 bits per heavy atom. The average Bonchev–Trinajstić information content (AvgIpc) is 2.63. The van der Waals surface area contributed by atoms with Gasteiger partial charge in [-0.15, -0.1) is 0 Å². The molecule has 1 atom stereocenters. The van der Waals surface area contributed by atoms with Crippen LogP contribution in [0.15, 0.2) is 30.3 Å². The zero-order valence-electron chi connectivity index (χ0n) is 17.1. The monoisotopic (exact) mass is 346 g/mol. The fourth-order valence-electron chi connectivity index (χ4n) is 4.15. The van der Waals surface area contributed by atoms with Crippen LogP contribution in [0.2, 0.25) is 0 Å². The van der Waals surface area contributed by atoms with Gasteiger partial charge in [0.15, 0.2) is 0 Å². The largest absolute Gasteiger partial charge is 0.389 e. The van der Waals surface area contributed by atoms with Crippen LogP contribution in [0, 0.1) is 0 Å². The third-order valence-corrected chi connectivity index (χ3v) is 5.69. The molecular weight excluding hydrogens is 304 g/mol. The van der Waals surface area contributed by atoms with E-state index >= 15 is 0 Å². The summed E-state index contributed by atoms with van der Waals surface area (Å²) in [7, 11) is 0. The number of benzene rings is 1. The number of hydrogen-bond donors (Lipinski definition) is 1. The van der Waals surface area contributed by atoms with Crippen LogP contribution in [0.1, 0.15) is 116 Å². The first kappa shape index (κ1) is 22.2. The fraction of sp³-hybridized carbons (Fsp3) is 0.750. The SMILES string of the molecule is CCCCCCCC(O)(CCCCCCC)C(CC)c1ccccc1. The van der Waals surface area contributed by atoms with E-state index in [1.165, 1.54) is 56.9 Å². The minimum atomic E-state index is -0.533. The van der Waals surface area contributed by atoms with Gasteiger partial charge in [-0.25, -0.2) is 0 Å². The molecule has 0 aliphatic carbocycles. The molecule has 1 unspecified atom stereocenters. The summed E-state index contributed by atoms with van der Waals surface area (Å²) in [5.41, 5.74) is 0.781. The molecule has 0 spiro atoms. The molecule has 1 N–H and O–H groups in total. The quantitative estimate of drug-likeness (QED) is 0.324. The first-order valence-corrected chi connectivity index (χ1v) is 10.9. The molecule has 1 aromatic rings. The lowest BCUT2D eigenvalue weighted by atomic mass is 9.74. The van der Waals surface area contributed by atoms with E-state index in [1.54, 1.807) is 0 Å². The summed E-state index contributed by atoms with van der Waals surface area (Å²) in [6.45, 7) is 6.75. The molecule has 0 saturated carbocycles. The van der Waals surface area contributed by atoms with E-state index in [9.17, 15) is 5.11 Å². The van der Waals surface area contributed by atoms with Crippen LogP contribution in [-0.4, -0.2) is 10.7 Å². The molecule has 0 fully saturated rings. The molecule has 0 aliphatic heterocycles. The van der Waals surface area contributed by atoms with Gasteiger partial charge in [-0.3, -0.25) is 0 Å². The second-order valence-corrected chi connectivity index (χ2v) is 7.80. The van der Waals surface area contributed by atoms with Crippen LogP contribution in [0.25, 0.3) is 0 Å². The maximum atomic E-state index is 11.6. The number of unbranched alkanes of at least 4 members (excludes halogenated alkanes) is 8. The van der Waals surface area contributed by atoms with Crippen LogP contribution in [0.4, 0.5) is 0 Å². The lowest BCUT2D eigenvalue weighted by Crippen LogP contribution is -2.36. The Hall–Kier alpha value is -0.820. The molecule has 1 rings (SSSR count). The highest BCUT2D eigenvalue weighted by Gasteiger charge is 2.35. The van der Waals surface area contributed by atoms with Crippen molar-refractivity contribution in [3.63, 3.8) is 0 Å². The lowest BCUT2D eigenvalue weighted by molar-refractivity contribution is -0.0106. The Bertz CT molecular complexity index is 397. The van der Waals surface area contributed by atoms with Crippen molar-refractivity contribution in [2.24, 2.45) is 0 Å². The molecule has 0 heterocycles. The van der Waals surface area contributed by atoms with Gasteiger partial charge >= 0.3 is 0 Å². The molecule has 0 aromatic heterocycles. The van der Waals surface area contributed by atoms with Gasteiger partial charge in [0.1, 0.15) is 0 Å². The van der Waals surface area contributed by atoms with Crippen molar-refractivity contribution < 1.29 is 5.11 Å². The van der Waals surface area contributed by atoms with Gasteiger partial charge < -0.3 is 5.11 Å². The topological polar surface area (TPSA) is 20.2 Å². The number of rotatable bonds is 15. The summed E-state index contributed by atoms with van der Waals surface area (Å²) < 4.78 is 0. The molecule has 0 bridgehead atoms. The molecular formula is C24H42O. The van der Waals surface area contributed by atoms with Gasteiger partial charge in [-0.05, 0) is 24.8 Å². The Morgan fingerprint density at radius 3 is 1.64 bits per heavy atom. The highest BCUT2D eigenvalue weighted by molar-refractivity contribution is 5.23. The van der Waals surface area contributed by atoms with E-state index in [0.29, 0.717) is 0 Å².